The smallest absolute Gasteiger partial charge is 0.265 e. The summed E-state index contributed by atoms with van der Waals surface area (Å²) >= 11 is 5.11. The van der Waals surface area contributed by atoms with Gasteiger partial charge in [-0.25, -0.2) is 0 Å². The third kappa shape index (κ3) is 3.37. The topological polar surface area (TPSA) is 52.7 Å². The van der Waals surface area contributed by atoms with Crippen LogP contribution in [0.15, 0.2) is 30.4 Å². The molecule has 3 rings (SSSR count). The molecule has 0 aliphatic carbocycles. The number of aryl methyl sites for hydroxylation is 1. The van der Waals surface area contributed by atoms with Crippen LogP contribution in [-0.2, 0) is 9.59 Å². The van der Waals surface area contributed by atoms with Crippen molar-refractivity contribution in [1.29, 1.82) is 0 Å². The molecule has 5 nitrogen and oxygen atoms in total. The van der Waals surface area contributed by atoms with Crippen molar-refractivity contribution in [2.24, 2.45) is 0 Å². The maximum atomic E-state index is 12.8. The Morgan fingerprint density at radius 1 is 1.36 bits per heavy atom. The van der Waals surface area contributed by atoms with E-state index in [9.17, 15) is 9.59 Å². The average Bonchev–Trinajstić information content (AvgIpc) is 2.60. The van der Waals surface area contributed by atoms with E-state index in [2.05, 4.69) is 56.7 Å². The van der Waals surface area contributed by atoms with E-state index < -0.39 is 11.8 Å². The molecule has 0 radical (unpaired) electrons. The van der Waals surface area contributed by atoms with E-state index >= 15 is 0 Å². The summed E-state index contributed by atoms with van der Waals surface area (Å²) in [5.41, 5.74) is 4.52. The minimum atomic E-state index is -0.460. The van der Waals surface area contributed by atoms with Crippen molar-refractivity contribution in [3.8, 4) is 0 Å². The normalized spacial score (nSPS) is 23.0. The first-order chi connectivity index (χ1) is 13.1. The van der Waals surface area contributed by atoms with Crippen molar-refractivity contribution < 1.29 is 9.59 Å². The van der Waals surface area contributed by atoms with Crippen molar-refractivity contribution in [3.63, 3.8) is 0 Å². The molecule has 0 spiro atoms. The van der Waals surface area contributed by atoms with E-state index in [1.807, 2.05) is 6.92 Å². The number of nitrogens with one attached hydrogen (secondary N) is 1. The zero-order chi connectivity index (χ0) is 20.8. The first kappa shape index (κ1) is 20.3. The minimum absolute atomic E-state index is 0.0823. The lowest BCUT2D eigenvalue weighted by atomic mass is 9.79. The molecule has 0 bridgehead atoms. The third-order valence-electron chi connectivity index (χ3n) is 5.82. The van der Waals surface area contributed by atoms with E-state index in [1.165, 1.54) is 16.2 Å². The number of carbonyl (C=O) groups is 2. The lowest BCUT2D eigenvalue weighted by molar-refractivity contribution is -0.128. The van der Waals surface area contributed by atoms with Crippen molar-refractivity contribution in [2.45, 2.75) is 45.6 Å². The number of carbonyl (C=O) groups excluding carboxylic acids is 2. The number of rotatable bonds is 3. The van der Waals surface area contributed by atoms with Crippen LogP contribution in [0.4, 0.5) is 5.69 Å². The number of amides is 2. The SMILES string of the molecule is C=CCN1C(=O)/C(=C\c2cc3c(cc2C)N(C)C(C)(C)CC3C)C(=O)NC1=S. The molecule has 1 saturated heterocycles. The van der Waals surface area contributed by atoms with Crippen LogP contribution in [0.3, 0.4) is 0 Å². The maximum absolute atomic E-state index is 12.8. The third-order valence-corrected chi connectivity index (χ3v) is 6.14. The lowest BCUT2D eigenvalue weighted by Crippen LogP contribution is -2.53. The average molecular weight is 398 g/mol. The fourth-order valence-electron chi connectivity index (χ4n) is 4.03. The summed E-state index contributed by atoms with van der Waals surface area (Å²) in [5.74, 6) is -0.463. The highest BCUT2D eigenvalue weighted by molar-refractivity contribution is 7.80. The molecule has 2 heterocycles. The fourth-order valence-corrected chi connectivity index (χ4v) is 4.28. The van der Waals surface area contributed by atoms with Gasteiger partial charge in [-0.1, -0.05) is 13.0 Å². The second-order valence-corrected chi connectivity index (χ2v) is 8.65. The van der Waals surface area contributed by atoms with Crippen LogP contribution in [0.25, 0.3) is 6.08 Å². The first-order valence-electron chi connectivity index (χ1n) is 9.45. The molecule has 148 valence electrons. The Morgan fingerprint density at radius 2 is 2.04 bits per heavy atom. The zero-order valence-corrected chi connectivity index (χ0v) is 17.9. The number of fused-ring (bicyclic) bond motifs is 1. The standard InChI is InChI=1S/C22H27N3O2S/c1-7-8-25-20(27)17(19(26)23-21(25)28)11-15-10-16-14(3)12-22(4,5)24(6)18(16)9-13(15)2/h7,9-11,14H,1,8,12H2,2-6H3,(H,23,26,28)/b17-11-. The van der Waals surface area contributed by atoms with Crippen LogP contribution >= 0.6 is 12.2 Å². The summed E-state index contributed by atoms with van der Waals surface area (Å²) in [5, 5.41) is 2.71. The summed E-state index contributed by atoms with van der Waals surface area (Å²) < 4.78 is 0. The molecule has 2 amide bonds. The number of hydrogen-bond donors (Lipinski definition) is 1. The molecular weight excluding hydrogens is 370 g/mol. The van der Waals surface area contributed by atoms with Gasteiger partial charge in [0, 0.05) is 24.8 Å². The van der Waals surface area contributed by atoms with Crippen molar-refractivity contribution in [3.05, 3.63) is 47.1 Å². The molecule has 0 aromatic heterocycles. The molecule has 1 aromatic rings. The molecule has 6 heteroatoms. The van der Waals surface area contributed by atoms with Crippen LogP contribution < -0.4 is 10.2 Å². The van der Waals surface area contributed by atoms with Gasteiger partial charge in [-0.05, 0) is 80.2 Å². The van der Waals surface area contributed by atoms with Crippen LogP contribution in [0.1, 0.15) is 49.8 Å². The second kappa shape index (κ2) is 7.17. The summed E-state index contributed by atoms with van der Waals surface area (Å²) in [7, 11) is 2.12. The van der Waals surface area contributed by atoms with Gasteiger partial charge in [-0.3, -0.25) is 19.8 Å². The molecule has 0 saturated carbocycles. The first-order valence-corrected chi connectivity index (χ1v) is 9.85. The molecule has 2 aliphatic heterocycles. The Labute approximate surface area is 172 Å². The Bertz CT molecular complexity index is 917. The summed E-state index contributed by atoms with van der Waals surface area (Å²) in [6.45, 7) is 12.6. The number of thiocarbonyl (C=S) groups is 1. The van der Waals surface area contributed by atoms with Gasteiger partial charge in [0.05, 0.1) is 0 Å². The van der Waals surface area contributed by atoms with Crippen LogP contribution in [0.5, 0.6) is 0 Å². The zero-order valence-electron chi connectivity index (χ0n) is 17.1. The maximum Gasteiger partial charge on any atom is 0.265 e. The highest BCUT2D eigenvalue weighted by Crippen LogP contribution is 2.43. The predicted molar refractivity (Wildman–Crippen MR) is 117 cm³/mol. The van der Waals surface area contributed by atoms with Gasteiger partial charge in [-0.2, -0.15) is 0 Å². The lowest BCUT2D eigenvalue weighted by Gasteiger charge is -2.45. The Kier molecular flexibility index (Phi) is 5.19. The van der Waals surface area contributed by atoms with Gasteiger partial charge in [0.1, 0.15) is 5.57 Å². The number of hydrogen-bond acceptors (Lipinski definition) is 4. The largest absolute Gasteiger partial charge is 0.369 e. The number of anilines is 1. The fraction of sp³-hybridized carbons (Fsp3) is 0.409. The molecule has 2 aliphatic rings. The van der Waals surface area contributed by atoms with Crippen molar-refractivity contribution >= 4 is 40.9 Å². The highest BCUT2D eigenvalue weighted by Gasteiger charge is 2.35. The van der Waals surface area contributed by atoms with Crippen LogP contribution in [-0.4, -0.2) is 41.0 Å². The van der Waals surface area contributed by atoms with E-state index in [0.717, 1.165) is 17.5 Å². The Hall–Kier alpha value is -2.47. The minimum Gasteiger partial charge on any atom is -0.369 e. The van der Waals surface area contributed by atoms with Crippen LogP contribution in [0.2, 0.25) is 0 Å². The molecule has 1 atom stereocenters. The molecule has 28 heavy (non-hydrogen) atoms. The summed E-state index contributed by atoms with van der Waals surface area (Å²) in [6, 6.07) is 4.26. The van der Waals surface area contributed by atoms with Gasteiger partial charge in [0.2, 0.25) is 0 Å². The van der Waals surface area contributed by atoms with Gasteiger partial charge < -0.3 is 4.90 Å². The van der Waals surface area contributed by atoms with Gasteiger partial charge in [-0.15, -0.1) is 6.58 Å². The predicted octanol–water partition coefficient (Wildman–Crippen LogP) is 3.53. The van der Waals surface area contributed by atoms with Gasteiger partial charge >= 0.3 is 0 Å². The number of nitrogens with zero attached hydrogens (tertiary/aromatic N) is 2. The van der Waals surface area contributed by atoms with Crippen molar-refractivity contribution in [1.82, 2.24) is 10.2 Å². The van der Waals surface area contributed by atoms with E-state index in [4.69, 9.17) is 12.2 Å². The molecule has 1 aromatic carbocycles. The summed E-state index contributed by atoms with van der Waals surface area (Å²) in [4.78, 5) is 28.9. The monoisotopic (exact) mass is 397 g/mol. The quantitative estimate of drug-likeness (QED) is 0.367. The molecule has 1 unspecified atom stereocenters. The molecule has 1 N–H and O–H groups in total. The van der Waals surface area contributed by atoms with Gasteiger partial charge in [0.25, 0.3) is 11.8 Å². The Balaban J connectivity index is 2.06. The second-order valence-electron chi connectivity index (χ2n) is 8.27. The molecule has 1 fully saturated rings. The number of benzene rings is 1. The summed E-state index contributed by atoms with van der Waals surface area (Å²) in [6.07, 6.45) is 4.30. The van der Waals surface area contributed by atoms with Crippen LogP contribution in [0, 0.1) is 6.92 Å². The van der Waals surface area contributed by atoms with Gasteiger partial charge in [0.15, 0.2) is 5.11 Å². The van der Waals surface area contributed by atoms with Crippen molar-refractivity contribution in [2.75, 3.05) is 18.5 Å². The molecular formula is C22H27N3O2S. The van der Waals surface area contributed by atoms with E-state index in [0.29, 0.717) is 5.92 Å². The van der Waals surface area contributed by atoms with E-state index in [1.54, 1.807) is 12.2 Å². The Morgan fingerprint density at radius 3 is 2.68 bits per heavy atom. The highest BCUT2D eigenvalue weighted by atomic mass is 32.1. The van der Waals surface area contributed by atoms with E-state index in [-0.39, 0.29) is 22.8 Å².